The van der Waals surface area contributed by atoms with Gasteiger partial charge in [0.1, 0.15) is 5.82 Å². The highest BCUT2D eigenvalue weighted by atomic mass is 19.1. The topological polar surface area (TPSA) is 69.2 Å². The molecule has 0 saturated heterocycles. The van der Waals surface area contributed by atoms with Gasteiger partial charge in [-0.25, -0.2) is 4.39 Å². The number of nitro groups is 1. The smallest absolute Gasteiger partial charge is 0.270 e. The van der Waals surface area contributed by atoms with E-state index in [0.29, 0.717) is 0 Å². The predicted molar refractivity (Wildman–Crippen MR) is 55.7 cm³/mol. The molecule has 0 radical (unpaired) electrons. The van der Waals surface area contributed by atoms with Gasteiger partial charge in [0.15, 0.2) is 0 Å². The van der Waals surface area contributed by atoms with Gasteiger partial charge < -0.3 is 5.73 Å². The Morgan fingerprint density at radius 3 is 2.80 bits per heavy atom. The molecule has 0 bridgehead atoms. The molecular weight excluding hydrogens is 199 g/mol. The van der Waals surface area contributed by atoms with Crippen LogP contribution in [0.25, 0.3) is 6.08 Å². The summed E-state index contributed by atoms with van der Waals surface area (Å²) in [5.74, 6) is -0.502. The standard InChI is InChI=1S/C10H11FN2O2/c1-7(12)2-3-8-6-9(13(14)15)4-5-10(8)11/h2-7H,12H2,1H3/b3-2+. The minimum atomic E-state index is -0.567. The SMILES string of the molecule is CC(N)/C=C/c1cc([N+](=O)[O-])ccc1F. The molecule has 0 aromatic heterocycles. The van der Waals surface area contributed by atoms with Crippen LogP contribution in [0.5, 0.6) is 0 Å². The molecule has 1 aromatic rings. The van der Waals surface area contributed by atoms with Crippen LogP contribution in [0, 0.1) is 15.9 Å². The fourth-order valence-corrected chi connectivity index (χ4v) is 1.03. The van der Waals surface area contributed by atoms with Crippen LogP contribution >= 0.6 is 0 Å². The van der Waals surface area contributed by atoms with Crippen LogP contribution in [0.2, 0.25) is 0 Å². The zero-order valence-electron chi connectivity index (χ0n) is 8.18. The molecule has 1 atom stereocenters. The van der Waals surface area contributed by atoms with E-state index in [-0.39, 0.29) is 17.3 Å². The molecule has 0 aliphatic heterocycles. The lowest BCUT2D eigenvalue weighted by Gasteiger charge is -1.98. The number of halogens is 1. The third-order valence-electron chi connectivity index (χ3n) is 1.77. The zero-order chi connectivity index (χ0) is 11.4. The Bertz CT molecular complexity index is 402. The molecule has 5 heteroatoms. The van der Waals surface area contributed by atoms with E-state index in [1.54, 1.807) is 13.0 Å². The lowest BCUT2D eigenvalue weighted by atomic mass is 10.1. The van der Waals surface area contributed by atoms with Crippen LogP contribution in [0.4, 0.5) is 10.1 Å². The van der Waals surface area contributed by atoms with Gasteiger partial charge in [-0.05, 0) is 13.0 Å². The minimum Gasteiger partial charge on any atom is -0.325 e. The third kappa shape index (κ3) is 3.14. The summed E-state index contributed by atoms with van der Waals surface area (Å²) >= 11 is 0. The largest absolute Gasteiger partial charge is 0.325 e. The molecule has 0 amide bonds. The van der Waals surface area contributed by atoms with Crippen molar-refractivity contribution in [3.63, 3.8) is 0 Å². The van der Waals surface area contributed by atoms with Gasteiger partial charge >= 0.3 is 0 Å². The fraction of sp³-hybridized carbons (Fsp3) is 0.200. The van der Waals surface area contributed by atoms with Crippen molar-refractivity contribution >= 4 is 11.8 Å². The Kier molecular flexibility index (Phi) is 3.51. The average molecular weight is 210 g/mol. The Labute approximate surface area is 86.4 Å². The summed E-state index contributed by atoms with van der Waals surface area (Å²) < 4.78 is 13.2. The molecule has 0 heterocycles. The molecule has 1 rings (SSSR count). The molecule has 0 spiro atoms. The molecule has 15 heavy (non-hydrogen) atoms. The maximum Gasteiger partial charge on any atom is 0.270 e. The summed E-state index contributed by atoms with van der Waals surface area (Å²) in [7, 11) is 0. The normalized spacial score (nSPS) is 13.0. The molecule has 0 saturated carbocycles. The number of hydrogen-bond donors (Lipinski definition) is 1. The fourth-order valence-electron chi connectivity index (χ4n) is 1.03. The number of nitrogens with two attached hydrogens (primary N) is 1. The van der Waals surface area contributed by atoms with Crippen molar-refractivity contribution in [1.29, 1.82) is 0 Å². The van der Waals surface area contributed by atoms with Crippen LogP contribution in [-0.2, 0) is 0 Å². The summed E-state index contributed by atoms with van der Waals surface area (Å²) in [6.07, 6.45) is 3.01. The molecule has 0 aliphatic carbocycles. The highest BCUT2D eigenvalue weighted by Crippen LogP contribution is 2.17. The first kappa shape index (κ1) is 11.3. The summed E-state index contributed by atoms with van der Waals surface area (Å²) in [5.41, 5.74) is 5.47. The van der Waals surface area contributed by atoms with Crippen LogP contribution in [-0.4, -0.2) is 11.0 Å². The lowest BCUT2D eigenvalue weighted by Crippen LogP contribution is -2.10. The molecule has 0 fully saturated rings. The van der Waals surface area contributed by atoms with Crippen molar-refractivity contribution in [3.8, 4) is 0 Å². The van der Waals surface area contributed by atoms with E-state index in [1.165, 1.54) is 12.1 Å². The van der Waals surface area contributed by atoms with Crippen LogP contribution in [0.3, 0.4) is 0 Å². The number of hydrogen-bond acceptors (Lipinski definition) is 3. The Morgan fingerprint density at radius 2 is 2.27 bits per heavy atom. The summed E-state index contributed by atoms with van der Waals surface area (Å²) in [4.78, 5) is 9.87. The van der Waals surface area contributed by atoms with Gasteiger partial charge in [0.25, 0.3) is 5.69 Å². The van der Waals surface area contributed by atoms with Crippen LogP contribution in [0.15, 0.2) is 24.3 Å². The number of benzene rings is 1. The lowest BCUT2D eigenvalue weighted by molar-refractivity contribution is -0.384. The van der Waals surface area contributed by atoms with E-state index in [0.717, 1.165) is 12.1 Å². The van der Waals surface area contributed by atoms with Crippen molar-refractivity contribution in [2.24, 2.45) is 5.73 Å². The zero-order valence-corrected chi connectivity index (χ0v) is 8.18. The highest BCUT2D eigenvalue weighted by Gasteiger charge is 2.08. The monoisotopic (exact) mass is 210 g/mol. The second-order valence-corrected chi connectivity index (χ2v) is 3.18. The second-order valence-electron chi connectivity index (χ2n) is 3.18. The molecule has 4 nitrogen and oxygen atoms in total. The van der Waals surface area contributed by atoms with E-state index in [4.69, 9.17) is 5.73 Å². The minimum absolute atomic E-state index is 0.138. The number of nitrogens with zero attached hydrogens (tertiary/aromatic N) is 1. The Morgan fingerprint density at radius 1 is 1.60 bits per heavy atom. The van der Waals surface area contributed by atoms with Gasteiger partial charge in [0.2, 0.25) is 0 Å². The highest BCUT2D eigenvalue weighted by molar-refractivity contribution is 5.54. The van der Waals surface area contributed by atoms with Crippen molar-refractivity contribution in [1.82, 2.24) is 0 Å². The van der Waals surface area contributed by atoms with Crippen molar-refractivity contribution < 1.29 is 9.31 Å². The molecular formula is C10H11FN2O2. The first-order valence-corrected chi connectivity index (χ1v) is 4.38. The molecule has 2 N–H and O–H groups in total. The van der Waals surface area contributed by atoms with Gasteiger partial charge in [0, 0.05) is 23.7 Å². The number of rotatable bonds is 3. The quantitative estimate of drug-likeness (QED) is 0.613. The Balaban J connectivity index is 3.05. The molecule has 1 aromatic carbocycles. The molecule has 80 valence electrons. The summed E-state index contributed by atoms with van der Waals surface area (Å²) in [6, 6.07) is 3.15. The van der Waals surface area contributed by atoms with E-state index < -0.39 is 10.7 Å². The van der Waals surface area contributed by atoms with Gasteiger partial charge in [-0.15, -0.1) is 0 Å². The third-order valence-corrected chi connectivity index (χ3v) is 1.77. The second kappa shape index (κ2) is 4.65. The average Bonchev–Trinajstić information content (AvgIpc) is 2.16. The number of non-ortho nitro benzene ring substituents is 1. The van der Waals surface area contributed by atoms with Gasteiger partial charge in [0.05, 0.1) is 4.92 Å². The van der Waals surface area contributed by atoms with E-state index in [1.807, 2.05) is 0 Å². The first-order valence-electron chi connectivity index (χ1n) is 4.38. The first-order chi connectivity index (χ1) is 7.00. The van der Waals surface area contributed by atoms with Crippen molar-refractivity contribution in [3.05, 3.63) is 45.8 Å². The van der Waals surface area contributed by atoms with Crippen LogP contribution < -0.4 is 5.73 Å². The maximum absolute atomic E-state index is 13.2. The van der Waals surface area contributed by atoms with E-state index in [9.17, 15) is 14.5 Å². The maximum atomic E-state index is 13.2. The van der Waals surface area contributed by atoms with Gasteiger partial charge in [-0.2, -0.15) is 0 Å². The molecule has 0 aliphatic rings. The Hall–Kier alpha value is -1.75. The van der Waals surface area contributed by atoms with Crippen molar-refractivity contribution in [2.45, 2.75) is 13.0 Å². The predicted octanol–water partition coefficient (Wildman–Crippen LogP) is 2.09. The van der Waals surface area contributed by atoms with E-state index >= 15 is 0 Å². The van der Waals surface area contributed by atoms with Gasteiger partial charge in [-0.1, -0.05) is 12.2 Å². The van der Waals surface area contributed by atoms with Crippen molar-refractivity contribution in [2.75, 3.05) is 0 Å². The van der Waals surface area contributed by atoms with Gasteiger partial charge in [-0.3, -0.25) is 10.1 Å². The van der Waals surface area contributed by atoms with Crippen LogP contribution in [0.1, 0.15) is 12.5 Å². The number of nitro benzene ring substituents is 1. The molecule has 1 unspecified atom stereocenters. The summed E-state index contributed by atoms with van der Waals surface area (Å²) in [5, 5.41) is 10.4. The summed E-state index contributed by atoms with van der Waals surface area (Å²) in [6.45, 7) is 1.73. The van der Waals surface area contributed by atoms with E-state index in [2.05, 4.69) is 0 Å².